The summed E-state index contributed by atoms with van der Waals surface area (Å²) in [7, 11) is 0. The van der Waals surface area contributed by atoms with Gasteiger partial charge >= 0.3 is 0 Å². The topological polar surface area (TPSA) is 24.9 Å². The Morgan fingerprint density at radius 3 is 3.22 bits per heavy atom. The van der Waals surface area contributed by atoms with E-state index >= 15 is 0 Å². The summed E-state index contributed by atoms with van der Waals surface area (Å²) >= 11 is 0. The van der Waals surface area contributed by atoms with Gasteiger partial charge in [-0.05, 0) is 60.9 Å². The van der Waals surface area contributed by atoms with E-state index in [0.29, 0.717) is 6.04 Å². The van der Waals surface area contributed by atoms with Gasteiger partial charge in [-0.25, -0.2) is 0 Å². The molecule has 0 amide bonds. The fourth-order valence-electron chi connectivity index (χ4n) is 3.14. The Balaban J connectivity index is 1.83. The van der Waals surface area contributed by atoms with Gasteiger partial charge in [0.05, 0.1) is 0 Å². The smallest absolute Gasteiger partial charge is 0.0343 e. The molecule has 0 spiro atoms. The van der Waals surface area contributed by atoms with Crippen LogP contribution in [0, 0.1) is 5.92 Å². The van der Waals surface area contributed by atoms with Crippen molar-refractivity contribution in [3.05, 3.63) is 42.2 Å². The van der Waals surface area contributed by atoms with Gasteiger partial charge in [-0.1, -0.05) is 18.7 Å². The molecular weight excluding hydrogens is 220 g/mol. The van der Waals surface area contributed by atoms with Gasteiger partial charge in [0, 0.05) is 18.4 Å². The van der Waals surface area contributed by atoms with Gasteiger partial charge in [0.25, 0.3) is 0 Å². The first-order valence-corrected chi connectivity index (χ1v) is 6.87. The van der Waals surface area contributed by atoms with E-state index in [4.69, 9.17) is 0 Å². The van der Waals surface area contributed by atoms with Gasteiger partial charge in [0.15, 0.2) is 0 Å². The molecule has 1 saturated heterocycles. The summed E-state index contributed by atoms with van der Waals surface area (Å²) in [5, 5.41) is 3.67. The summed E-state index contributed by atoms with van der Waals surface area (Å²) in [4.78, 5) is 4.30. The molecule has 0 radical (unpaired) electrons. The zero-order valence-corrected chi connectivity index (χ0v) is 10.7. The van der Waals surface area contributed by atoms with E-state index < -0.39 is 0 Å². The van der Waals surface area contributed by atoms with Gasteiger partial charge in [-0.15, -0.1) is 0 Å². The molecule has 1 aliphatic carbocycles. The van der Waals surface area contributed by atoms with Crippen LogP contribution in [0.1, 0.15) is 36.8 Å². The van der Waals surface area contributed by atoms with E-state index in [2.05, 4.69) is 29.0 Å². The van der Waals surface area contributed by atoms with Crippen LogP contribution >= 0.6 is 0 Å². The van der Waals surface area contributed by atoms with Crippen molar-refractivity contribution in [3.8, 4) is 0 Å². The van der Waals surface area contributed by atoms with E-state index in [-0.39, 0.29) is 0 Å². The Morgan fingerprint density at radius 2 is 2.33 bits per heavy atom. The number of pyridine rings is 1. The maximum Gasteiger partial charge on any atom is 0.0343 e. The van der Waals surface area contributed by atoms with Crippen LogP contribution in [-0.2, 0) is 0 Å². The van der Waals surface area contributed by atoms with Crippen LogP contribution in [0.2, 0.25) is 0 Å². The second kappa shape index (κ2) is 5.07. The third-order valence-corrected chi connectivity index (χ3v) is 4.20. The molecule has 2 heterocycles. The first kappa shape index (κ1) is 11.7. The minimum absolute atomic E-state index is 0.672. The molecule has 3 rings (SSSR count). The zero-order chi connectivity index (χ0) is 12.4. The number of nitrogens with one attached hydrogen (secondary N) is 1. The van der Waals surface area contributed by atoms with E-state index in [1.165, 1.54) is 36.9 Å². The van der Waals surface area contributed by atoms with Crippen LogP contribution < -0.4 is 5.32 Å². The lowest BCUT2D eigenvalue weighted by molar-refractivity contribution is 0.278. The Labute approximate surface area is 109 Å². The van der Waals surface area contributed by atoms with Crippen LogP contribution in [0.4, 0.5) is 0 Å². The number of fused-ring (bicyclic) bond motifs is 1. The van der Waals surface area contributed by atoms with E-state index in [1.54, 1.807) is 0 Å². The van der Waals surface area contributed by atoms with Gasteiger partial charge in [-0.3, -0.25) is 4.98 Å². The largest absolute Gasteiger partial charge is 0.313 e. The molecule has 94 valence electrons. The van der Waals surface area contributed by atoms with E-state index in [0.717, 1.165) is 17.9 Å². The fraction of sp³-hybridized carbons (Fsp3) is 0.438. The SMILES string of the molecule is C=Cc1cncc(C2=CCC3CCCNC3C2)c1. The van der Waals surface area contributed by atoms with Crippen molar-refractivity contribution in [2.75, 3.05) is 6.54 Å². The highest BCUT2D eigenvalue weighted by Gasteiger charge is 2.28. The Bertz CT molecular complexity index is 476. The molecule has 0 bridgehead atoms. The number of piperidine rings is 1. The van der Waals surface area contributed by atoms with E-state index in [9.17, 15) is 0 Å². The number of nitrogens with zero attached hydrogens (tertiary/aromatic N) is 1. The van der Waals surface area contributed by atoms with Gasteiger partial charge in [0.1, 0.15) is 0 Å². The van der Waals surface area contributed by atoms with Crippen molar-refractivity contribution in [1.82, 2.24) is 10.3 Å². The first-order chi connectivity index (χ1) is 8.86. The van der Waals surface area contributed by atoms with Gasteiger partial charge in [0.2, 0.25) is 0 Å². The van der Waals surface area contributed by atoms with Crippen molar-refractivity contribution in [2.24, 2.45) is 5.92 Å². The summed E-state index contributed by atoms with van der Waals surface area (Å²) in [6.07, 6.45) is 13.2. The Morgan fingerprint density at radius 1 is 1.39 bits per heavy atom. The van der Waals surface area contributed by atoms with Gasteiger partial charge < -0.3 is 5.32 Å². The summed E-state index contributed by atoms with van der Waals surface area (Å²) in [5.41, 5.74) is 3.81. The molecule has 2 heteroatoms. The van der Waals surface area contributed by atoms with Crippen molar-refractivity contribution < 1.29 is 0 Å². The minimum Gasteiger partial charge on any atom is -0.313 e. The van der Waals surface area contributed by atoms with Crippen LogP contribution in [-0.4, -0.2) is 17.6 Å². The fourth-order valence-corrected chi connectivity index (χ4v) is 3.14. The molecule has 18 heavy (non-hydrogen) atoms. The number of hydrogen-bond donors (Lipinski definition) is 1. The van der Waals surface area contributed by atoms with Gasteiger partial charge in [-0.2, -0.15) is 0 Å². The Kier molecular flexibility index (Phi) is 3.28. The zero-order valence-electron chi connectivity index (χ0n) is 10.7. The number of rotatable bonds is 2. The molecular formula is C16H20N2. The number of hydrogen-bond acceptors (Lipinski definition) is 2. The van der Waals surface area contributed by atoms with Crippen LogP contribution in [0.25, 0.3) is 11.6 Å². The molecule has 0 saturated carbocycles. The van der Waals surface area contributed by atoms with Crippen LogP contribution in [0.5, 0.6) is 0 Å². The van der Waals surface area contributed by atoms with Crippen LogP contribution in [0.3, 0.4) is 0 Å². The molecule has 2 aliphatic rings. The summed E-state index contributed by atoms with van der Waals surface area (Å²) in [5.74, 6) is 0.845. The lowest BCUT2D eigenvalue weighted by Crippen LogP contribution is -2.42. The molecule has 1 aromatic heterocycles. The molecule has 0 aromatic carbocycles. The highest BCUT2D eigenvalue weighted by molar-refractivity contribution is 5.68. The quantitative estimate of drug-likeness (QED) is 0.858. The first-order valence-electron chi connectivity index (χ1n) is 6.87. The minimum atomic E-state index is 0.672. The molecule has 1 N–H and O–H groups in total. The third kappa shape index (κ3) is 2.25. The highest BCUT2D eigenvalue weighted by Crippen LogP contribution is 2.34. The molecule has 1 fully saturated rings. The number of allylic oxidation sites excluding steroid dienone is 1. The second-order valence-corrected chi connectivity index (χ2v) is 5.34. The maximum absolute atomic E-state index is 4.30. The Hall–Kier alpha value is -1.41. The number of aromatic nitrogens is 1. The molecule has 2 nitrogen and oxygen atoms in total. The molecule has 2 unspecified atom stereocenters. The van der Waals surface area contributed by atoms with Crippen molar-refractivity contribution in [1.29, 1.82) is 0 Å². The van der Waals surface area contributed by atoms with Crippen molar-refractivity contribution in [2.45, 2.75) is 31.7 Å². The predicted octanol–water partition coefficient (Wildman–Crippen LogP) is 3.27. The van der Waals surface area contributed by atoms with Crippen molar-refractivity contribution >= 4 is 11.6 Å². The maximum atomic E-state index is 4.30. The lowest BCUT2D eigenvalue weighted by atomic mass is 9.78. The monoisotopic (exact) mass is 240 g/mol. The summed E-state index contributed by atoms with van der Waals surface area (Å²) in [6.45, 7) is 4.99. The normalized spacial score (nSPS) is 27.2. The van der Waals surface area contributed by atoms with Crippen LogP contribution in [0.15, 0.2) is 31.1 Å². The standard InChI is InChI=1S/C16H20N2/c1-2-12-8-15(11-17-10-12)14-6-5-13-4-3-7-18-16(13)9-14/h2,6,8,10-11,13,16,18H,1,3-5,7,9H2. The highest BCUT2D eigenvalue weighted by atomic mass is 14.9. The molecule has 1 aromatic rings. The average molecular weight is 240 g/mol. The second-order valence-electron chi connectivity index (χ2n) is 5.34. The summed E-state index contributed by atoms with van der Waals surface area (Å²) in [6, 6.07) is 2.86. The third-order valence-electron chi connectivity index (χ3n) is 4.20. The average Bonchev–Trinajstić information content (AvgIpc) is 2.47. The van der Waals surface area contributed by atoms with E-state index in [1.807, 2.05) is 18.5 Å². The molecule has 1 aliphatic heterocycles. The lowest BCUT2D eigenvalue weighted by Gasteiger charge is -2.36. The summed E-state index contributed by atoms with van der Waals surface area (Å²) < 4.78 is 0. The molecule has 2 atom stereocenters. The predicted molar refractivity (Wildman–Crippen MR) is 76.1 cm³/mol. The van der Waals surface area contributed by atoms with Crippen molar-refractivity contribution in [3.63, 3.8) is 0 Å².